The molecule has 1 aliphatic rings. The molecule has 2 rings (SSSR count). The van der Waals surface area contributed by atoms with Crippen LogP contribution in [0.15, 0.2) is 18.2 Å². The Morgan fingerprint density at radius 1 is 1.38 bits per heavy atom. The SMILES string of the molecule is C[C@H]1OCCN[C@@H]1C(=O)NCCc1cc(F)cc(F)c1.Cl. The molecule has 1 amide bonds. The first-order valence-corrected chi connectivity index (χ1v) is 6.64. The van der Waals surface area contributed by atoms with Crippen molar-refractivity contribution in [3.63, 3.8) is 0 Å². The molecule has 2 N–H and O–H groups in total. The third-order valence-electron chi connectivity index (χ3n) is 3.23. The van der Waals surface area contributed by atoms with Crippen LogP contribution in [-0.2, 0) is 16.0 Å². The molecule has 7 heteroatoms. The van der Waals surface area contributed by atoms with Crippen molar-refractivity contribution in [1.82, 2.24) is 10.6 Å². The monoisotopic (exact) mass is 320 g/mol. The molecule has 118 valence electrons. The maximum Gasteiger partial charge on any atom is 0.239 e. The lowest BCUT2D eigenvalue weighted by molar-refractivity contribution is -0.128. The number of rotatable bonds is 4. The van der Waals surface area contributed by atoms with Crippen molar-refractivity contribution in [1.29, 1.82) is 0 Å². The summed E-state index contributed by atoms with van der Waals surface area (Å²) in [5.41, 5.74) is 0.517. The first kappa shape index (κ1) is 17.8. The fourth-order valence-corrected chi connectivity index (χ4v) is 2.22. The van der Waals surface area contributed by atoms with Crippen LogP contribution in [0.4, 0.5) is 8.78 Å². The number of carbonyl (C=O) groups is 1. The van der Waals surface area contributed by atoms with Gasteiger partial charge in [-0.1, -0.05) is 0 Å². The van der Waals surface area contributed by atoms with Gasteiger partial charge in [0.25, 0.3) is 0 Å². The van der Waals surface area contributed by atoms with E-state index in [0.29, 0.717) is 31.7 Å². The van der Waals surface area contributed by atoms with Gasteiger partial charge in [-0.05, 0) is 31.0 Å². The Kier molecular flexibility index (Phi) is 7.01. The highest BCUT2D eigenvalue weighted by atomic mass is 35.5. The number of halogens is 3. The Balaban J connectivity index is 0.00000220. The number of ether oxygens (including phenoxy) is 1. The molecule has 2 atom stereocenters. The van der Waals surface area contributed by atoms with E-state index in [-0.39, 0.29) is 30.5 Å². The van der Waals surface area contributed by atoms with E-state index in [0.717, 1.165) is 6.07 Å². The average molecular weight is 321 g/mol. The molecule has 0 aliphatic carbocycles. The molecule has 0 bridgehead atoms. The van der Waals surface area contributed by atoms with Crippen LogP contribution in [0.3, 0.4) is 0 Å². The van der Waals surface area contributed by atoms with Gasteiger partial charge in [-0.15, -0.1) is 12.4 Å². The van der Waals surface area contributed by atoms with E-state index in [4.69, 9.17) is 4.74 Å². The smallest absolute Gasteiger partial charge is 0.239 e. The maximum atomic E-state index is 13.0. The highest BCUT2D eigenvalue weighted by molar-refractivity contribution is 5.85. The van der Waals surface area contributed by atoms with Crippen LogP contribution < -0.4 is 10.6 Å². The van der Waals surface area contributed by atoms with Gasteiger partial charge in [-0.2, -0.15) is 0 Å². The molecule has 0 spiro atoms. The van der Waals surface area contributed by atoms with Crippen LogP contribution in [0.25, 0.3) is 0 Å². The molecule has 1 heterocycles. The highest BCUT2D eigenvalue weighted by Gasteiger charge is 2.27. The average Bonchev–Trinajstić information content (AvgIpc) is 2.38. The Hall–Kier alpha value is -1.24. The fraction of sp³-hybridized carbons (Fsp3) is 0.500. The number of carbonyl (C=O) groups excluding carboxylic acids is 1. The summed E-state index contributed by atoms with van der Waals surface area (Å²) in [7, 11) is 0. The largest absolute Gasteiger partial charge is 0.375 e. The summed E-state index contributed by atoms with van der Waals surface area (Å²) in [6.45, 7) is 3.38. The minimum absolute atomic E-state index is 0. The minimum atomic E-state index is -0.609. The van der Waals surface area contributed by atoms with Crippen molar-refractivity contribution in [2.45, 2.75) is 25.5 Å². The molecule has 0 unspecified atom stereocenters. The summed E-state index contributed by atoms with van der Waals surface area (Å²) in [6, 6.07) is 2.97. The lowest BCUT2D eigenvalue weighted by Gasteiger charge is -2.29. The van der Waals surface area contributed by atoms with Crippen LogP contribution in [0.1, 0.15) is 12.5 Å². The molecule has 0 aromatic heterocycles. The summed E-state index contributed by atoms with van der Waals surface area (Å²) < 4.78 is 31.4. The summed E-state index contributed by atoms with van der Waals surface area (Å²) >= 11 is 0. The predicted octanol–water partition coefficient (Wildman–Crippen LogP) is 1.42. The third-order valence-corrected chi connectivity index (χ3v) is 3.23. The van der Waals surface area contributed by atoms with Crippen LogP contribution >= 0.6 is 12.4 Å². The summed E-state index contributed by atoms with van der Waals surface area (Å²) in [6.07, 6.45) is 0.193. The second-order valence-electron chi connectivity index (χ2n) is 4.83. The molecule has 0 saturated carbocycles. The predicted molar refractivity (Wildman–Crippen MR) is 77.5 cm³/mol. The van der Waals surface area contributed by atoms with Crippen molar-refractivity contribution in [3.05, 3.63) is 35.4 Å². The van der Waals surface area contributed by atoms with Gasteiger partial charge in [0.05, 0.1) is 12.7 Å². The standard InChI is InChI=1S/C14H18F2N2O2.ClH/c1-9-13(17-4-5-20-9)14(19)18-3-2-10-6-11(15)8-12(16)7-10;/h6-9,13,17H,2-5H2,1H3,(H,18,19);1H/t9-,13+;/m1./s1. The Bertz CT molecular complexity index is 468. The van der Waals surface area contributed by atoms with Crippen molar-refractivity contribution in [2.24, 2.45) is 0 Å². The van der Waals surface area contributed by atoms with Gasteiger partial charge in [-0.25, -0.2) is 8.78 Å². The minimum Gasteiger partial charge on any atom is -0.375 e. The molecule has 1 saturated heterocycles. The fourth-order valence-electron chi connectivity index (χ4n) is 2.22. The van der Waals surface area contributed by atoms with Gasteiger partial charge >= 0.3 is 0 Å². The number of nitrogens with one attached hydrogen (secondary N) is 2. The molecule has 1 aromatic rings. The van der Waals surface area contributed by atoms with Gasteiger partial charge in [0.2, 0.25) is 5.91 Å². The summed E-state index contributed by atoms with van der Waals surface area (Å²) in [5, 5.41) is 5.82. The van der Waals surface area contributed by atoms with Gasteiger partial charge in [0.15, 0.2) is 0 Å². The second kappa shape index (κ2) is 8.26. The molecule has 21 heavy (non-hydrogen) atoms. The quantitative estimate of drug-likeness (QED) is 0.882. The summed E-state index contributed by atoms with van der Waals surface area (Å²) in [5.74, 6) is -1.38. The molecule has 1 aliphatic heterocycles. The zero-order chi connectivity index (χ0) is 14.5. The van der Waals surface area contributed by atoms with E-state index in [9.17, 15) is 13.6 Å². The number of benzene rings is 1. The normalized spacial score (nSPS) is 21.5. The third kappa shape index (κ3) is 5.22. The van der Waals surface area contributed by atoms with E-state index in [1.807, 2.05) is 6.92 Å². The zero-order valence-corrected chi connectivity index (χ0v) is 12.5. The van der Waals surface area contributed by atoms with E-state index in [1.54, 1.807) is 0 Å². The lowest BCUT2D eigenvalue weighted by Crippen LogP contribution is -2.55. The van der Waals surface area contributed by atoms with Crippen molar-refractivity contribution >= 4 is 18.3 Å². The first-order valence-electron chi connectivity index (χ1n) is 6.64. The van der Waals surface area contributed by atoms with Crippen LogP contribution in [0, 0.1) is 11.6 Å². The first-order chi connectivity index (χ1) is 9.56. The lowest BCUT2D eigenvalue weighted by atomic mass is 10.1. The van der Waals surface area contributed by atoms with Crippen molar-refractivity contribution < 1.29 is 18.3 Å². The summed E-state index contributed by atoms with van der Waals surface area (Å²) in [4.78, 5) is 11.9. The molecule has 4 nitrogen and oxygen atoms in total. The van der Waals surface area contributed by atoms with Crippen LogP contribution in [0.5, 0.6) is 0 Å². The topological polar surface area (TPSA) is 50.4 Å². The molecular weight excluding hydrogens is 302 g/mol. The van der Waals surface area contributed by atoms with E-state index in [2.05, 4.69) is 10.6 Å². The second-order valence-corrected chi connectivity index (χ2v) is 4.83. The molecular formula is C14H19ClF2N2O2. The van der Waals surface area contributed by atoms with E-state index >= 15 is 0 Å². The maximum absolute atomic E-state index is 13.0. The van der Waals surface area contributed by atoms with Gasteiger partial charge < -0.3 is 15.4 Å². The number of morpholine rings is 1. The van der Waals surface area contributed by atoms with Crippen LogP contribution in [0.2, 0.25) is 0 Å². The number of hydrogen-bond acceptors (Lipinski definition) is 3. The molecule has 1 fully saturated rings. The number of hydrogen-bond donors (Lipinski definition) is 2. The van der Waals surface area contributed by atoms with Crippen molar-refractivity contribution in [3.8, 4) is 0 Å². The van der Waals surface area contributed by atoms with Crippen LogP contribution in [-0.4, -0.2) is 37.7 Å². The van der Waals surface area contributed by atoms with Crippen molar-refractivity contribution in [2.75, 3.05) is 19.7 Å². The van der Waals surface area contributed by atoms with Gasteiger partial charge in [0.1, 0.15) is 17.7 Å². The zero-order valence-electron chi connectivity index (χ0n) is 11.7. The highest BCUT2D eigenvalue weighted by Crippen LogP contribution is 2.08. The Labute approximate surface area is 128 Å². The Morgan fingerprint density at radius 2 is 2.05 bits per heavy atom. The molecule has 1 aromatic carbocycles. The Morgan fingerprint density at radius 3 is 2.67 bits per heavy atom. The molecule has 0 radical (unpaired) electrons. The van der Waals surface area contributed by atoms with Gasteiger partial charge in [0, 0.05) is 19.2 Å². The van der Waals surface area contributed by atoms with E-state index < -0.39 is 11.6 Å². The van der Waals surface area contributed by atoms with E-state index in [1.165, 1.54) is 12.1 Å². The van der Waals surface area contributed by atoms with Gasteiger partial charge in [-0.3, -0.25) is 4.79 Å². The number of amides is 1.